The van der Waals surface area contributed by atoms with Crippen LogP contribution in [0.15, 0.2) is 41.3 Å². The van der Waals surface area contributed by atoms with Crippen LogP contribution in [0.25, 0.3) is 0 Å². The van der Waals surface area contributed by atoms with E-state index < -0.39 is 10.0 Å². The van der Waals surface area contributed by atoms with Crippen LogP contribution in [0.4, 0.5) is 0 Å². The van der Waals surface area contributed by atoms with Crippen LogP contribution in [-0.4, -0.2) is 69.7 Å². The Morgan fingerprint density at radius 1 is 1.00 bits per heavy atom. The zero-order chi connectivity index (χ0) is 25.8. The molecule has 1 saturated carbocycles. The molecule has 37 heavy (non-hydrogen) atoms. The summed E-state index contributed by atoms with van der Waals surface area (Å²) in [6.07, 6.45) is 4.91. The highest BCUT2D eigenvalue weighted by Gasteiger charge is 2.24. The standard InChI is InChI=1S/C26H32ClN3O6S/c27-22-15-21(37(32,33)28-20-4-2-1-3-5-20)7-9-23(22)34-17-26(31)30-12-10-29(11-13-30)16-19-6-8-24-25(14-19)36-18-35-24/h6-9,14-15,20,28H,1-5,10-13,16-18H2. The summed E-state index contributed by atoms with van der Waals surface area (Å²) in [6.45, 7) is 3.58. The number of rotatable bonds is 8. The zero-order valence-corrected chi connectivity index (χ0v) is 22.2. The molecule has 1 amide bonds. The number of nitrogens with one attached hydrogen (secondary N) is 1. The molecule has 1 aliphatic carbocycles. The molecule has 0 atom stereocenters. The lowest BCUT2D eigenvalue weighted by Crippen LogP contribution is -2.49. The van der Waals surface area contributed by atoms with E-state index in [9.17, 15) is 13.2 Å². The number of nitrogens with zero attached hydrogens (tertiary/aromatic N) is 2. The lowest BCUT2D eigenvalue weighted by Gasteiger charge is -2.34. The fourth-order valence-corrected chi connectivity index (χ4v) is 6.59. The minimum atomic E-state index is -3.66. The molecule has 200 valence electrons. The van der Waals surface area contributed by atoms with Crippen LogP contribution in [0, 0.1) is 0 Å². The van der Waals surface area contributed by atoms with Crippen molar-refractivity contribution in [2.45, 2.75) is 49.6 Å². The summed E-state index contributed by atoms with van der Waals surface area (Å²) in [6, 6.07) is 10.3. The second-order valence-corrected chi connectivity index (χ2v) is 11.8. The van der Waals surface area contributed by atoms with E-state index in [1.807, 2.05) is 18.2 Å². The van der Waals surface area contributed by atoms with Crippen molar-refractivity contribution >= 4 is 27.5 Å². The lowest BCUT2D eigenvalue weighted by molar-refractivity contribution is -0.135. The van der Waals surface area contributed by atoms with Gasteiger partial charge in [-0.3, -0.25) is 9.69 Å². The fraction of sp³-hybridized carbons (Fsp3) is 0.500. The van der Waals surface area contributed by atoms with Crippen molar-refractivity contribution in [1.29, 1.82) is 0 Å². The average molecular weight is 550 g/mol. The first-order chi connectivity index (χ1) is 17.9. The van der Waals surface area contributed by atoms with E-state index in [1.54, 1.807) is 4.90 Å². The number of hydrogen-bond donors (Lipinski definition) is 1. The number of fused-ring (bicyclic) bond motifs is 1. The molecular formula is C26H32ClN3O6S. The first kappa shape index (κ1) is 26.1. The number of piperazine rings is 1. The van der Waals surface area contributed by atoms with Crippen molar-refractivity contribution in [3.05, 3.63) is 47.0 Å². The van der Waals surface area contributed by atoms with Gasteiger partial charge in [0.1, 0.15) is 5.75 Å². The summed E-state index contributed by atoms with van der Waals surface area (Å²) in [4.78, 5) is 16.9. The van der Waals surface area contributed by atoms with Gasteiger partial charge in [0.05, 0.1) is 9.92 Å². The maximum Gasteiger partial charge on any atom is 0.260 e. The molecule has 2 aromatic carbocycles. The van der Waals surface area contributed by atoms with Crippen molar-refractivity contribution in [2.24, 2.45) is 0 Å². The van der Waals surface area contributed by atoms with Crippen molar-refractivity contribution in [1.82, 2.24) is 14.5 Å². The molecule has 1 saturated heterocycles. The number of carbonyl (C=O) groups is 1. The summed E-state index contributed by atoms with van der Waals surface area (Å²) in [5.74, 6) is 1.70. The summed E-state index contributed by atoms with van der Waals surface area (Å²) in [5, 5.41) is 0.160. The molecule has 0 spiro atoms. The van der Waals surface area contributed by atoms with Gasteiger partial charge in [-0.1, -0.05) is 36.9 Å². The van der Waals surface area contributed by atoms with E-state index in [2.05, 4.69) is 9.62 Å². The van der Waals surface area contributed by atoms with Crippen LogP contribution in [-0.2, 0) is 21.4 Å². The smallest absolute Gasteiger partial charge is 0.260 e. The van der Waals surface area contributed by atoms with Gasteiger partial charge in [-0.05, 0) is 48.7 Å². The Kier molecular flexibility index (Phi) is 8.09. The molecule has 2 aliphatic heterocycles. The topological polar surface area (TPSA) is 97.4 Å². The number of hydrogen-bond acceptors (Lipinski definition) is 7. The number of amides is 1. The Bertz CT molecular complexity index is 1230. The van der Waals surface area contributed by atoms with E-state index in [4.69, 9.17) is 25.8 Å². The summed E-state index contributed by atoms with van der Waals surface area (Å²) in [7, 11) is -3.66. The molecule has 1 N–H and O–H groups in total. The maximum absolute atomic E-state index is 12.7. The molecular weight excluding hydrogens is 518 g/mol. The Morgan fingerprint density at radius 3 is 2.51 bits per heavy atom. The molecule has 0 radical (unpaired) electrons. The van der Waals surface area contributed by atoms with Crippen LogP contribution in [0.2, 0.25) is 5.02 Å². The van der Waals surface area contributed by atoms with Gasteiger partial charge in [0, 0.05) is 38.8 Å². The van der Waals surface area contributed by atoms with E-state index in [1.165, 1.54) is 18.2 Å². The van der Waals surface area contributed by atoms with Crippen molar-refractivity contribution in [3.8, 4) is 17.2 Å². The highest BCUT2D eigenvalue weighted by molar-refractivity contribution is 7.89. The van der Waals surface area contributed by atoms with Crippen LogP contribution < -0.4 is 18.9 Å². The minimum Gasteiger partial charge on any atom is -0.482 e. The van der Waals surface area contributed by atoms with Crippen molar-refractivity contribution in [3.63, 3.8) is 0 Å². The van der Waals surface area contributed by atoms with Gasteiger partial charge >= 0.3 is 0 Å². The van der Waals surface area contributed by atoms with Crippen LogP contribution in [0.3, 0.4) is 0 Å². The predicted molar refractivity (Wildman–Crippen MR) is 139 cm³/mol. The molecule has 11 heteroatoms. The number of carbonyl (C=O) groups excluding carboxylic acids is 1. The molecule has 2 aromatic rings. The van der Waals surface area contributed by atoms with Gasteiger partial charge < -0.3 is 19.1 Å². The Morgan fingerprint density at radius 2 is 1.76 bits per heavy atom. The van der Waals surface area contributed by atoms with Crippen LogP contribution >= 0.6 is 11.6 Å². The van der Waals surface area contributed by atoms with E-state index in [0.717, 1.165) is 68.8 Å². The molecule has 3 aliphatic rings. The average Bonchev–Trinajstić information content (AvgIpc) is 3.36. The quantitative estimate of drug-likeness (QED) is 0.539. The number of sulfonamides is 1. The molecule has 0 bridgehead atoms. The third kappa shape index (κ3) is 6.49. The first-order valence-corrected chi connectivity index (χ1v) is 14.6. The maximum atomic E-state index is 12.7. The molecule has 0 aromatic heterocycles. The van der Waals surface area contributed by atoms with E-state index >= 15 is 0 Å². The Hall–Kier alpha value is -2.53. The Balaban J connectivity index is 1.09. The molecule has 2 fully saturated rings. The van der Waals surface area contributed by atoms with Gasteiger partial charge in [0.15, 0.2) is 18.1 Å². The molecule has 9 nitrogen and oxygen atoms in total. The van der Waals surface area contributed by atoms with Crippen LogP contribution in [0.5, 0.6) is 17.2 Å². The second-order valence-electron chi connectivity index (χ2n) is 9.68. The van der Waals surface area contributed by atoms with Gasteiger partial charge in [0.25, 0.3) is 5.91 Å². The first-order valence-electron chi connectivity index (χ1n) is 12.7. The summed E-state index contributed by atoms with van der Waals surface area (Å²) < 4.78 is 44.7. The highest BCUT2D eigenvalue weighted by Crippen LogP contribution is 2.33. The van der Waals surface area contributed by atoms with Gasteiger partial charge in [-0.2, -0.15) is 0 Å². The molecule has 2 heterocycles. The third-order valence-electron chi connectivity index (χ3n) is 7.06. The van der Waals surface area contributed by atoms with Crippen molar-refractivity contribution < 1.29 is 27.4 Å². The Labute approximate surface area is 222 Å². The lowest BCUT2D eigenvalue weighted by atomic mass is 9.96. The number of ether oxygens (including phenoxy) is 3. The van der Waals surface area contributed by atoms with E-state index in [0.29, 0.717) is 13.1 Å². The molecule has 5 rings (SSSR count). The zero-order valence-electron chi connectivity index (χ0n) is 20.7. The van der Waals surface area contributed by atoms with Crippen molar-refractivity contribution in [2.75, 3.05) is 39.6 Å². The molecule has 0 unspecified atom stereocenters. The second kappa shape index (κ2) is 11.5. The number of halogens is 1. The number of benzene rings is 2. The predicted octanol–water partition coefficient (Wildman–Crippen LogP) is 3.40. The minimum absolute atomic E-state index is 0.0384. The summed E-state index contributed by atoms with van der Waals surface area (Å²) in [5.41, 5.74) is 1.14. The fourth-order valence-electron chi connectivity index (χ4n) is 4.96. The largest absolute Gasteiger partial charge is 0.482 e. The SMILES string of the molecule is O=C(COc1ccc(S(=O)(=O)NC2CCCCC2)cc1Cl)N1CCN(Cc2ccc3c(c2)OCO3)CC1. The third-order valence-corrected chi connectivity index (χ3v) is 8.87. The highest BCUT2D eigenvalue weighted by atomic mass is 35.5. The summed E-state index contributed by atoms with van der Waals surface area (Å²) >= 11 is 6.31. The van der Waals surface area contributed by atoms with Gasteiger partial charge in [-0.25, -0.2) is 13.1 Å². The van der Waals surface area contributed by atoms with Crippen LogP contribution in [0.1, 0.15) is 37.7 Å². The monoisotopic (exact) mass is 549 g/mol. The van der Waals surface area contributed by atoms with E-state index in [-0.39, 0.29) is 41.0 Å². The normalized spacial score (nSPS) is 18.7. The van der Waals surface area contributed by atoms with Gasteiger partial charge in [0.2, 0.25) is 16.8 Å². The van der Waals surface area contributed by atoms with Gasteiger partial charge in [-0.15, -0.1) is 0 Å².